The standard InChI is InChI=1S/C65H60N4O/c1-63(2,3)48-37-45(38-49(39-48)64(4,5)6)54-29-20-28-53(44-21-11-9-12-22-44)62(54)68-43-67(58-31-17-18-32-59(58)68)50-25-19-26-51(41-50)70-52-33-34-56-55-27-15-16-30-57(55)69(60(56)42-52)61-40-47(35-36-66-61)65(7,8)46-23-13-10-14-24-46/h9-42H,43H2,1-8H3/i9D,11D,12D,15D,16D,21D,22D,27D,30D,35D,36D,40D. The van der Waals surface area contributed by atoms with Crippen molar-refractivity contribution >= 4 is 44.6 Å². The number of aromatic nitrogens is 2. The van der Waals surface area contributed by atoms with Crippen LogP contribution >= 0.6 is 0 Å². The normalized spacial score (nSPS) is 15.4. The van der Waals surface area contributed by atoms with E-state index in [1.807, 2.05) is 111 Å². The van der Waals surface area contributed by atoms with Crippen LogP contribution in [0.4, 0.5) is 22.7 Å². The maximum absolute atomic E-state index is 9.75. The van der Waals surface area contributed by atoms with E-state index in [0.29, 0.717) is 33.7 Å². The lowest BCUT2D eigenvalue weighted by atomic mass is 9.78. The number of benzene rings is 8. The molecule has 2 aromatic heterocycles. The van der Waals surface area contributed by atoms with Crippen LogP contribution in [0.1, 0.15) is 94.1 Å². The van der Waals surface area contributed by atoms with Crippen molar-refractivity contribution in [1.82, 2.24) is 9.55 Å². The number of nitrogens with zero attached hydrogens (tertiary/aromatic N) is 4. The van der Waals surface area contributed by atoms with E-state index in [0.717, 1.165) is 44.9 Å². The number of para-hydroxylation sites is 4. The van der Waals surface area contributed by atoms with Crippen LogP contribution in [0.5, 0.6) is 11.5 Å². The second kappa shape index (κ2) is 17.3. The van der Waals surface area contributed by atoms with Gasteiger partial charge in [0.2, 0.25) is 0 Å². The molecule has 1 aliphatic rings. The van der Waals surface area contributed by atoms with Crippen molar-refractivity contribution in [2.45, 2.75) is 71.6 Å². The Labute approximate surface area is 430 Å². The molecule has 0 atom stereocenters. The summed E-state index contributed by atoms with van der Waals surface area (Å²) in [6.45, 7) is 17.1. The zero-order valence-corrected chi connectivity index (χ0v) is 40.6. The first-order chi connectivity index (χ1) is 38.7. The molecule has 5 nitrogen and oxygen atoms in total. The monoisotopic (exact) mass is 925 g/mol. The lowest BCUT2D eigenvalue weighted by Gasteiger charge is -2.29. The van der Waals surface area contributed by atoms with Crippen molar-refractivity contribution < 1.29 is 21.2 Å². The third-order valence-corrected chi connectivity index (χ3v) is 13.4. The van der Waals surface area contributed by atoms with E-state index < -0.39 is 41.8 Å². The second-order valence-corrected chi connectivity index (χ2v) is 20.5. The van der Waals surface area contributed by atoms with E-state index in [1.54, 1.807) is 18.2 Å². The number of hydrogen-bond acceptors (Lipinski definition) is 4. The van der Waals surface area contributed by atoms with Gasteiger partial charge in [-0.1, -0.05) is 189 Å². The maximum Gasteiger partial charge on any atom is 0.137 e. The summed E-state index contributed by atoms with van der Waals surface area (Å²) in [6.07, 6.45) is -0.398. The van der Waals surface area contributed by atoms with E-state index in [9.17, 15) is 5.48 Å². The summed E-state index contributed by atoms with van der Waals surface area (Å²) in [5.41, 5.74) is 7.66. The zero-order valence-electron chi connectivity index (χ0n) is 52.6. The van der Waals surface area contributed by atoms with Gasteiger partial charge in [-0.3, -0.25) is 4.57 Å². The smallest absolute Gasteiger partial charge is 0.137 e. The predicted molar refractivity (Wildman–Crippen MR) is 294 cm³/mol. The van der Waals surface area contributed by atoms with Crippen molar-refractivity contribution in [2.24, 2.45) is 0 Å². The Kier molecular flexibility index (Phi) is 8.08. The molecule has 0 spiro atoms. The minimum absolute atomic E-state index is 0.0619. The first-order valence-electron chi connectivity index (χ1n) is 29.6. The Balaban J connectivity index is 1.05. The van der Waals surface area contributed by atoms with Crippen molar-refractivity contribution in [3.05, 3.63) is 228 Å². The van der Waals surface area contributed by atoms with Gasteiger partial charge in [-0.25, -0.2) is 4.98 Å². The van der Waals surface area contributed by atoms with Gasteiger partial charge in [0.25, 0.3) is 0 Å². The van der Waals surface area contributed by atoms with Crippen molar-refractivity contribution in [3.8, 4) is 39.6 Å². The van der Waals surface area contributed by atoms with Crippen molar-refractivity contribution in [2.75, 3.05) is 16.5 Å². The minimum atomic E-state index is -0.947. The molecule has 346 valence electrons. The average Bonchev–Trinajstić information content (AvgIpc) is 2.01. The van der Waals surface area contributed by atoms with Gasteiger partial charge in [-0.2, -0.15) is 0 Å². The van der Waals surface area contributed by atoms with Crippen LogP contribution in [0.25, 0.3) is 49.9 Å². The van der Waals surface area contributed by atoms with E-state index in [4.69, 9.17) is 15.7 Å². The third kappa shape index (κ3) is 8.09. The van der Waals surface area contributed by atoms with Gasteiger partial charge in [-0.15, -0.1) is 0 Å². The molecule has 0 amide bonds. The van der Waals surface area contributed by atoms with E-state index in [2.05, 4.69) is 74.5 Å². The molecule has 0 saturated heterocycles. The Morgan fingerprint density at radius 2 is 1.14 bits per heavy atom. The van der Waals surface area contributed by atoms with Gasteiger partial charge in [0.05, 0.1) is 44.5 Å². The highest BCUT2D eigenvalue weighted by molar-refractivity contribution is 6.09. The highest BCUT2D eigenvalue weighted by Crippen LogP contribution is 2.51. The summed E-state index contributed by atoms with van der Waals surface area (Å²) in [4.78, 5) is 8.79. The van der Waals surface area contributed by atoms with Gasteiger partial charge >= 0.3 is 0 Å². The summed E-state index contributed by atoms with van der Waals surface area (Å²) >= 11 is 0. The molecule has 0 saturated carbocycles. The molecule has 0 radical (unpaired) electrons. The summed E-state index contributed by atoms with van der Waals surface area (Å²) in [7, 11) is 0. The summed E-state index contributed by atoms with van der Waals surface area (Å²) in [6, 6.07) is 38.5. The first kappa shape index (κ1) is 32.8. The average molecular weight is 925 g/mol. The van der Waals surface area contributed by atoms with Crippen LogP contribution < -0.4 is 14.5 Å². The van der Waals surface area contributed by atoms with Gasteiger partial charge in [0.15, 0.2) is 0 Å². The number of pyridine rings is 1. The van der Waals surface area contributed by atoms with Gasteiger partial charge in [0.1, 0.15) is 24.0 Å². The molecular weight excluding hydrogens is 853 g/mol. The molecule has 0 fully saturated rings. The molecule has 1 aliphatic heterocycles. The number of hydrogen-bond donors (Lipinski definition) is 0. The topological polar surface area (TPSA) is 33.5 Å². The molecule has 8 aromatic carbocycles. The van der Waals surface area contributed by atoms with Gasteiger partial charge in [-0.05, 0) is 98.7 Å². The molecule has 10 aromatic rings. The molecule has 11 rings (SSSR count). The SMILES string of the molecule is [2H]c1nc(-n2c3cc(Oc4cccc(N5CN(c6c(-c7cc(C(C)(C)C)cc(C(C)(C)C)c7)cccc6-c6c([2H])c([2H])c([2H])c([2H])c6[2H])c6ccccc65)c4)ccc3c3c([2H])c([2H])c([2H])c([2H])c32)c([2H])c(C(C)(C)c2ccccc2)c1[2H]. The lowest BCUT2D eigenvalue weighted by Crippen LogP contribution is -2.25. The van der Waals surface area contributed by atoms with E-state index >= 15 is 0 Å². The van der Waals surface area contributed by atoms with E-state index in [-0.39, 0.29) is 81.6 Å². The number of ether oxygens (including phenoxy) is 1. The van der Waals surface area contributed by atoms with Crippen LogP contribution in [0.3, 0.4) is 0 Å². The quantitative estimate of drug-likeness (QED) is 0.144. The van der Waals surface area contributed by atoms with E-state index in [1.165, 1.54) is 4.57 Å². The number of fused-ring (bicyclic) bond motifs is 4. The highest BCUT2D eigenvalue weighted by Gasteiger charge is 2.32. The second-order valence-electron chi connectivity index (χ2n) is 20.5. The number of rotatable bonds is 9. The van der Waals surface area contributed by atoms with Crippen LogP contribution in [-0.4, -0.2) is 16.2 Å². The molecule has 0 N–H and O–H groups in total. The van der Waals surface area contributed by atoms with Crippen molar-refractivity contribution in [3.63, 3.8) is 0 Å². The number of anilines is 4. The maximum atomic E-state index is 9.75. The van der Waals surface area contributed by atoms with Crippen LogP contribution in [0, 0.1) is 0 Å². The molecule has 3 heterocycles. The fourth-order valence-corrected chi connectivity index (χ4v) is 9.49. The Hall–Kier alpha value is -7.89. The molecule has 70 heavy (non-hydrogen) atoms. The summed E-state index contributed by atoms with van der Waals surface area (Å²) in [5, 5.41) is 0.637. The first-order valence-corrected chi connectivity index (χ1v) is 23.6. The van der Waals surface area contributed by atoms with Gasteiger partial charge < -0.3 is 14.5 Å². The molecule has 0 bridgehead atoms. The lowest BCUT2D eigenvalue weighted by molar-refractivity contribution is 0.483. The summed E-state index contributed by atoms with van der Waals surface area (Å²) in [5.74, 6) is 0.692. The fourth-order valence-electron chi connectivity index (χ4n) is 9.49. The molecular formula is C65H60N4O. The third-order valence-electron chi connectivity index (χ3n) is 13.4. The minimum Gasteiger partial charge on any atom is -0.457 e. The highest BCUT2D eigenvalue weighted by atomic mass is 16.5. The van der Waals surface area contributed by atoms with Crippen molar-refractivity contribution in [1.29, 1.82) is 0 Å². The summed E-state index contributed by atoms with van der Waals surface area (Å²) < 4.78 is 116. The largest absolute Gasteiger partial charge is 0.457 e. The Morgan fingerprint density at radius 1 is 0.500 bits per heavy atom. The molecule has 0 aliphatic carbocycles. The Bertz CT molecular complexity index is 4220. The predicted octanol–water partition coefficient (Wildman–Crippen LogP) is 17.5. The fraction of sp³-hybridized carbons (Fsp3) is 0.185. The van der Waals surface area contributed by atoms with Crippen LogP contribution in [0.15, 0.2) is 206 Å². The van der Waals surface area contributed by atoms with Crippen LogP contribution in [-0.2, 0) is 16.2 Å². The Morgan fingerprint density at radius 3 is 1.87 bits per heavy atom. The van der Waals surface area contributed by atoms with Gasteiger partial charge in [0, 0.05) is 51.3 Å². The molecule has 5 heteroatoms. The molecule has 0 unspecified atom stereocenters. The van der Waals surface area contributed by atoms with Crippen LogP contribution in [0.2, 0.25) is 0 Å². The zero-order chi connectivity index (χ0) is 58.8.